The van der Waals surface area contributed by atoms with Crippen molar-refractivity contribution in [3.63, 3.8) is 0 Å². The molecule has 27 heavy (non-hydrogen) atoms. The molecule has 1 amide bonds. The Morgan fingerprint density at radius 1 is 1.11 bits per heavy atom. The van der Waals surface area contributed by atoms with Crippen molar-refractivity contribution in [3.05, 3.63) is 59.7 Å². The third kappa shape index (κ3) is 5.08. The van der Waals surface area contributed by atoms with Crippen LogP contribution in [0.2, 0.25) is 0 Å². The van der Waals surface area contributed by atoms with E-state index < -0.39 is 10.0 Å². The number of methoxy groups -OCH3 is 1. The quantitative estimate of drug-likeness (QED) is 0.752. The Labute approximate surface area is 161 Å². The summed E-state index contributed by atoms with van der Waals surface area (Å²) in [5.74, 6) is -0.389. The largest absolute Gasteiger partial charge is 0.383 e. The number of rotatable bonds is 8. The molecule has 0 unspecified atom stereocenters. The average molecular weight is 391 g/mol. The van der Waals surface area contributed by atoms with Crippen LogP contribution in [0.5, 0.6) is 0 Å². The first kappa shape index (κ1) is 20.9. The van der Waals surface area contributed by atoms with Crippen molar-refractivity contribution in [3.8, 4) is 0 Å². The lowest BCUT2D eigenvalue weighted by molar-refractivity contribution is -0.120. The van der Waals surface area contributed by atoms with E-state index in [1.807, 2.05) is 19.9 Å². The van der Waals surface area contributed by atoms with Crippen molar-refractivity contribution in [1.82, 2.24) is 5.32 Å². The van der Waals surface area contributed by atoms with E-state index in [2.05, 4.69) is 5.32 Å². The molecule has 2 rings (SSSR count). The van der Waals surface area contributed by atoms with E-state index in [1.54, 1.807) is 44.4 Å². The molecule has 0 aliphatic carbocycles. The van der Waals surface area contributed by atoms with E-state index in [9.17, 15) is 13.2 Å². The predicted octanol–water partition coefficient (Wildman–Crippen LogP) is 2.65. The molecule has 0 heterocycles. The smallest absolute Gasteiger partial charge is 0.264 e. The fraction of sp³-hybridized carbons (Fsp3) is 0.350. The highest BCUT2D eigenvalue weighted by atomic mass is 32.2. The van der Waals surface area contributed by atoms with Crippen LogP contribution in [0.3, 0.4) is 0 Å². The molecule has 2 aromatic rings. The summed E-state index contributed by atoms with van der Waals surface area (Å²) in [6, 6.07) is 13.3. The molecule has 0 bridgehead atoms. The van der Waals surface area contributed by atoms with E-state index in [4.69, 9.17) is 4.74 Å². The van der Waals surface area contributed by atoms with Crippen molar-refractivity contribution in [2.24, 2.45) is 0 Å². The predicted molar refractivity (Wildman–Crippen MR) is 106 cm³/mol. The molecule has 0 fully saturated rings. The first-order chi connectivity index (χ1) is 12.8. The second-order valence-corrected chi connectivity index (χ2v) is 8.33. The van der Waals surface area contributed by atoms with Crippen LogP contribution in [-0.4, -0.2) is 40.6 Å². The molecule has 1 atom stereocenters. The van der Waals surface area contributed by atoms with Gasteiger partial charge in [0.05, 0.1) is 17.2 Å². The van der Waals surface area contributed by atoms with Crippen LogP contribution in [0, 0.1) is 13.8 Å². The van der Waals surface area contributed by atoms with Crippen LogP contribution < -0.4 is 9.62 Å². The molecule has 0 aliphatic rings. The minimum absolute atomic E-state index is 0.142. The summed E-state index contributed by atoms with van der Waals surface area (Å²) in [5.41, 5.74) is 2.26. The first-order valence-corrected chi connectivity index (χ1v) is 10.1. The number of carbonyl (C=O) groups is 1. The van der Waals surface area contributed by atoms with Crippen LogP contribution in [0.1, 0.15) is 18.1 Å². The van der Waals surface area contributed by atoms with Gasteiger partial charge in [-0.05, 0) is 50.1 Å². The number of hydrogen-bond donors (Lipinski definition) is 1. The van der Waals surface area contributed by atoms with Gasteiger partial charge in [-0.1, -0.05) is 30.3 Å². The van der Waals surface area contributed by atoms with Gasteiger partial charge in [-0.3, -0.25) is 9.10 Å². The van der Waals surface area contributed by atoms with E-state index in [-0.39, 0.29) is 23.4 Å². The maximum absolute atomic E-state index is 13.3. The number of nitrogens with one attached hydrogen (secondary N) is 1. The summed E-state index contributed by atoms with van der Waals surface area (Å²) in [5, 5.41) is 2.77. The van der Waals surface area contributed by atoms with E-state index in [0.717, 1.165) is 11.1 Å². The standard InChI is InChI=1S/C20H26N2O4S/c1-15-9-8-12-19(17(15)3)22(13-20(23)21-16(2)14-26-4)27(24,25)18-10-6-5-7-11-18/h5-12,16H,13-14H2,1-4H3,(H,21,23)/t16-/m1/s1. The molecule has 0 saturated heterocycles. The fourth-order valence-electron chi connectivity index (χ4n) is 2.77. The number of aryl methyl sites for hydroxylation is 1. The number of sulfonamides is 1. The zero-order valence-electron chi connectivity index (χ0n) is 16.1. The van der Waals surface area contributed by atoms with Crippen LogP contribution in [0.4, 0.5) is 5.69 Å². The summed E-state index contributed by atoms with van der Waals surface area (Å²) in [6.45, 7) is 5.60. The molecule has 0 aromatic heterocycles. The molecule has 0 aliphatic heterocycles. The molecule has 1 N–H and O–H groups in total. The van der Waals surface area contributed by atoms with Gasteiger partial charge in [0, 0.05) is 13.2 Å². The van der Waals surface area contributed by atoms with Gasteiger partial charge in [0.1, 0.15) is 6.54 Å². The van der Waals surface area contributed by atoms with Crippen LogP contribution in [-0.2, 0) is 19.6 Å². The highest BCUT2D eigenvalue weighted by Gasteiger charge is 2.28. The molecule has 0 saturated carbocycles. The van der Waals surface area contributed by atoms with Gasteiger partial charge in [-0.2, -0.15) is 0 Å². The monoisotopic (exact) mass is 390 g/mol. The zero-order valence-corrected chi connectivity index (χ0v) is 16.9. The SMILES string of the molecule is COC[C@@H](C)NC(=O)CN(c1cccc(C)c1C)S(=O)(=O)c1ccccc1. The van der Waals surface area contributed by atoms with Crippen molar-refractivity contribution >= 4 is 21.6 Å². The lowest BCUT2D eigenvalue weighted by Crippen LogP contribution is -2.45. The number of anilines is 1. The third-order valence-corrected chi connectivity index (χ3v) is 6.06. The van der Waals surface area contributed by atoms with Gasteiger partial charge in [0.25, 0.3) is 10.0 Å². The maximum Gasteiger partial charge on any atom is 0.264 e. The topological polar surface area (TPSA) is 75.7 Å². The van der Waals surface area contributed by atoms with Gasteiger partial charge in [0.2, 0.25) is 5.91 Å². The zero-order chi connectivity index (χ0) is 20.0. The number of hydrogen-bond acceptors (Lipinski definition) is 4. The van der Waals surface area contributed by atoms with Crippen LogP contribution in [0.25, 0.3) is 0 Å². The highest BCUT2D eigenvalue weighted by molar-refractivity contribution is 7.92. The van der Waals surface area contributed by atoms with Gasteiger partial charge >= 0.3 is 0 Å². The number of amides is 1. The Morgan fingerprint density at radius 2 is 1.78 bits per heavy atom. The van der Waals surface area contributed by atoms with Crippen molar-refractivity contribution in [1.29, 1.82) is 0 Å². The molecular weight excluding hydrogens is 364 g/mol. The number of nitrogens with zero attached hydrogens (tertiary/aromatic N) is 1. The molecule has 146 valence electrons. The van der Waals surface area contributed by atoms with Crippen molar-refractivity contribution < 1.29 is 17.9 Å². The summed E-state index contributed by atoms with van der Waals surface area (Å²) < 4.78 is 32.7. The Kier molecular flexibility index (Phi) is 6.98. The minimum Gasteiger partial charge on any atom is -0.383 e. The van der Waals surface area contributed by atoms with Crippen molar-refractivity contribution in [2.75, 3.05) is 24.6 Å². The van der Waals surface area contributed by atoms with Crippen molar-refractivity contribution in [2.45, 2.75) is 31.7 Å². The van der Waals surface area contributed by atoms with E-state index in [1.165, 1.54) is 16.4 Å². The summed E-state index contributed by atoms with van der Waals surface area (Å²) in [4.78, 5) is 12.7. The molecule has 2 aromatic carbocycles. The molecular formula is C20H26N2O4S. The minimum atomic E-state index is -3.90. The summed E-state index contributed by atoms with van der Waals surface area (Å²) in [7, 11) is -2.35. The normalized spacial score (nSPS) is 12.4. The second kappa shape index (κ2) is 9.01. The number of benzene rings is 2. The fourth-order valence-corrected chi connectivity index (χ4v) is 4.27. The van der Waals surface area contributed by atoms with Crippen LogP contribution in [0.15, 0.2) is 53.4 Å². The lowest BCUT2D eigenvalue weighted by atomic mass is 10.1. The second-order valence-electron chi connectivity index (χ2n) is 6.47. The third-order valence-electron chi connectivity index (χ3n) is 4.29. The van der Waals surface area contributed by atoms with E-state index in [0.29, 0.717) is 12.3 Å². The Hall–Kier alpha value is -2.38. The molecule has 7 heteroatoms. The first-order valence-electron chi connectivity index (χ1n) is 8.69. The number of carbonyl (C=O) groups excluding carboxylic acids is 1. The highest BCUT2D eigenvalue weighted by Crippen LogP contribution is 2.28. The maximum atomic E-state index is 13.3. The summed E-state index contributed by atoms with van der Waals surface area (Å²) in [6.07, 6.45) is 0. The van der Waals surface area contributed by atoms with Gasteiger partial charge < -0.3 is 10.1 Å². The average Bonchev–Trinajstić information content (AvgIpc) is 2.63. The molecule has 0 spiro atoms. The molecule has 6 nitrogen and oxygen atoms in total. The van der Waals surface area contributed by atoms with Gasteiger partial charge in [-0.15, -0.1) is 0 Å². The van der Waals surface area contributed by atoms with Gasteiger partial charge in [0.15, 0.2) is 0 Å². The van der Waals surface area contributed by atoms with Crippen LogP contribution >= 0.6 is 0 Å². The Bertz CT molecular complexity index is 882. The number of ether oxygens (including phenoxy) is 1. The van der Waals surface area contributed by atoms with E-state index >= 15 is 0 Å². The Morgan fingerprint density at radius 3 is 2.41 bits per heavy atom. The van der Waals surface area contributed by atoms with Gasteiger partial charge in [-0.25, -0.2) is 8.42 Å². The lowest BCUT2D eigenvalue weighted by Gasteiger charge is -2.27. The molecule has 0 radical (unpaired) electrons. The summed E-state index contributed by atoms with van der Waals surface area (Å²) >= 11 is 0. The Balaban J connectivity index is 2.43.